The first-order valence-corrected chi connectivity index (χ1v) is 9.05. The van der Waals surface area contributed by atoms with Crippen LogP contribution in [0.2, 0.25) is 0 Å². The highest BCUT2D eigenvalue weighted by atomic mass is 32.2. The van der Waals surface area contributed by atoms with Crippen LogP contribution in [0.15, 0.2) is 11.2 Å². The number of sulfonamides is 1. The van der Waals surface area contributed by atoms with Crippen molar-refractivity contribution in [3.8, 4) is 0 Å². The van der Waals surface area contributed by atoms with Crippen molar-refractivity contribution >= 4 is 27.2 Å². The second-order valence-corrected chi connectivity index (χ2v) is 7.73. The summed E-state index contributed by atoms with van der Waals surface area (Å²) in [6.45, 7) is 4.53. The molecule has 1 aliphatic carbocycles. The van der Waals surface area contributed by atoms with E-state index in [1.54, 1.807) is 13.1 Å². The van der Waals surface area contributed by atoms with Crippen molar-refractivity contribution in [1.82, 2.24) is 13.9 Å². The first-order chi connectivity index (χ1) is 9.86. The van der Waals surface area contributed by atoms with Gasteiger partial charge in [-0.2, -0.15) is 4.31 Å². The van der Waals surface area contributed by atoms with Crippen LogP contribution in [0, 0.1) is 6.92 Å². The average molecular weight is 330 g/mol. The summed E-state index contributed by atoms with van der Waals surface area (Å²) < 4.78 is 29.0. The topological polar surface area (TPSA) is 81.2 Å². The lowest BCUT2D eigenvalue weighted by Crippen LogP contribution is -2.43. The fourth-order valence-corrected chi connectivity index (χ4v) is 4.68. The molecule has 118 valence electrons. The number of aromatic nitrogens is 2. The summed E-state index contributed by atoms with van der Waals surface area (Å²) in [5, 5.41) is 0.0880. The molecule has 0 spiro atoms. The van der Waals surface area contributed by atoms with Gasteiger partial charge in [-0.15, -0.1) is 0 Å². The molecule has 1 aromatic heterocycles. The number of hydrogen-bond acceptors (Lipinski definition) is 4. The number of thiocarbonyl (C=S) groups is 1. The number of hydrogen-bond donors (Lipinski definition) is 1. The van der Waals surface area contributed by atoms with E-state index in [1.165, 1.54) is 4.31 Å². The molecule has 0 bridgehead atoms. The van der Waals surface area contributed by atoms with Crippen molar-refractivity contribution in [3.05, 3.63) is 12.0 Å². The van der Waals surface area contributed by atoms with E-state index in [1.807, 2.05) is 11.5 Å². The van der Waals surface area contributed by atoms with Crippen LogP contribution in [0.3, 0.4) is 0 Å². The molecule has 21 heavy (non-hydrogen) atoms. The predicted octanol–water partition coefficient (Wildman–Crippen LogP) is 1.43. The van der Waals surface area contributed by atoms with E-state index in [4.69, 9.17) is 18.0 Å². The summed E-state index contributed by atoms with van der Waals surface area (Å²) in [5.74, 6) is 0.692. The van der Waals surface area contributed by atoms with Gasteiger partial charge in [0.15, 0.2) is 5.03 Å². The van der Waals surface area contributed by atoms with Crippen LogP contribution < -0.4 is 5.73 Å². The van der Waals surface area contributed by atoms with Crippen molar-refractivity contribution in [3.63, 3.8) is 0 Å². The Morgan fingerprint density at radius 2 is 2.14 bits per heavy atom. The number of aryl methyl sites for hydroxylation is 2. The molecule has 1 aliphatic rings. The Labute approximate surface area is 131 Å². The molecule has 0 atom stereocenters. The van der Waals surface area contributed by atoms with Crippen LogP contribution in [0.4, 0.5) is 0 Å². The molecule has 2 N–H and O–H groups in total. The van der Waals surface area contributed by atoms with E-state index in [9.17, 15) is 8.42 Å². The highest BCUT2D eigenvalue weighted by Crippen LogP contribution is 2.28. The summed E-state index contributed by atoms with van der Waals surface area (Å²) >= 11 is 4.93. The number of nitrogens with zero attached hydrogens (tertiary/aromatic N) is 3. The van der Waals surface area contributed by atoms with E-state index in [2.05, 4.69) is 4.98 Å². The molecule has 1 fully saturated rings. The highest BCUT2D eigenvalue weighted by Gasteiger charge is 2.35. The lowest BCUT2D eigenvalue weighted by atomic mass is 10.2. The monoisotopic (exact) mass is 330 g/mol. The molecule has 2 rings (SSSR count). The lowest BCUT2D eigenvalue weighted by molar-refractivity contribution is 0.354. The maximum absolute atomic E-state index is 12.9. The molecule has 1 saturated carbocycles. The second-order valence-electron chi connectivity index (χ2n) is 5.37. The van der Waals surface area contributed by atoms with Crippen LogP contribution in [0.5, 0.6) is 0 Å². The third-order valence-corrected chi connectivity index (χ3v) is 5.81. The Kier molecular flexibility index (Phi) is 5.00. The van der Waals surface area contributed by atoms with Crippen LogP contribution in [-0.2, 0) is 16.6 Å². The summed E-state index contributed by atoms with van der Waals surface area (Å²) in [5.41, 5.74) is 5.60. The number of nitrogens with two attached hydrogens (primary N) is 1. The van der Waals surface area contributed by atoms with Crippen LogP contribution in [0.25, 0.3) is 0 Å². The quantitative estimate of drug-likeness (QED) is 0.798. The van der Waals surface area contributed by atoms with Gasteiger partial charge in [-0.05, 0) is 26.7 Å². The maximum atomic E-state index is 12.9. The standard InChI is InChI=1S/C13H22N4O2S2/c1-3-16-9-13(15-10(16)2)21(18,19)17(8-12(14)20)11-6-4-5-7-11/h9,11H,3-8H2,1-2H3,(H2,14,20). The minimum Gasteiger partial charge on any atom is -0.392 e. The normalized spacial score (nSPS) is 16.7. The number of rotatable bonds is 6. The van der Waals surface area contributed by atoms with Gasteiger partial charge in [-0.3, -0.25) is 0 Å². The summed E-state index contributed by atoms with van der Waals surface area (Å²) in [6, 6.07) is -0.0245. The zero-order valence-corrected chi connectivity index (χ0v) is 14.1. The van der Waals surface area contributed by atoms with Crippen molar-refractivity contribution in [1.29, 1.82) is 0 Å². The fraction of sp³-hybridized carbons (Fsp3) is 0.692. The van der Waals surface area contributed by atoms with Gasteiger partial charge in [0.05, 0.1) is 11.5 Å². The Morgan fingerprint density at radius 3 is 2.62 bits per heavy atom. The Hall–Kier alpha value is -0.990. The molecule has 0 saturated heterocycles. The summed E-state index contributed by atoms with van der Waals surface area (Å²) in [6.07, 6.45) is 5.38. The van der Waals surface area contributed by atoms with Crippen molar-refractivity contribution in [2.75, 3.05) is 6.54 Å². The zero-order valence-electron chi connectivity index (χ0n) is 12.4. The first-order valence-electron chi connectivity index (χ1n) is 7.20. The minimum absolute atomic E-state index is 0.0245. The minimum atomic E-state index is -3.66. The molecule has 0 aromatic carbocycles. The van der Waals surface area contributed by atoms with Gasteiger partial charge in [0.2, 0.25) is 0 Å². The third-order valence-electron chi connectivity index (χ3n) is 3.91. The van der Waals surface area contributed by atoms with Gasteiger partial charge < -0.3 is 10.3 Å². The largest absolute Gasteiger partial charge is 0.392 e. The van der Waals surface area contributed by atoms with Crippen molar-refractivity contribution < 1.29 is 8.42 Å². The Morgan fingerprint density at radius 1 is 1.52 bits per heavy atom. The van der Waals surface area contributed by atoms with E-state index < -0.39 is 10.0 Å². The van der Waals surface area contributed by atoms with Crippen LogP contribution >= 0.6 is 12.2 Å². The molecule has 0 radical (unpaired) electrons. The van der Waals surface area contributed by atoms with Gasteiger partial charge in [0.25, 0.3) is 10.0 Å². The van der Waals surface area contributed by atoms with E-state index >= 15 is 0 Å². The van der Waals surface area contributed by atoms with Gasteiger partial charge in [-0.25, -0.2) is 13.4 Å². The van der Waals surface area contributed by atoms with Gasteiger partial charge in [0.1, 0.15) is 5.82 Å². The average Bonchev–Trinajstić information content (AvgIpc) is 3.04. The van der Waals surface area contributed by atoms with Crippen LogP contribution in [0.1, 0.15) is 38.4 Å². The summed E-state index contributed by atoms with van der Waals surface area (Å²) in [4.78, 5) is 4.39. The molecule has 8 heteroatoms. The second kappa shape index (κ2) is 6.41. The molecule has 0 amide bonds. The molecule has 0 unspecified atom stereocenters. The lowest BCUT2D eigenvalue weighted by Gasteiger charge is -2.26. The summed E-state index contributed by atoms with van der Waals surface area (Å²) in [7, 11) is -3.66. The molecular formula is C13H22N4O2S2. The van der Waals surface area contributed by atoms with Gasteiger partial charge in [-0.1, -0.05) is 25.1 Å². The van der Waals surface area contributed by atoms with Gasteiger partial charge in [0, 0.05) is 18.8 Å². The molecular weight excluding hydrogens is 308 g/mol. The van der Waals surface area contributed by atoms with E-state index in [0.29, 0.717) is 12.4 Å². The molecule has 0 aliphatic heterocycles. The first kappa shape index (κ1) is 16.4. The Balaban J connectivity index is 2.37. The molecule has 1 heterocycles. The van der Waals surface area contributed by atoms with E-state index in [0.717, 1.165) is 25.7 Å². The molecule has 6 nitrogen and oxygen atoms in total. The smallest absolute Gasteiger partial charge is 0.262 e. The van der Waals surface area contributed by atoms with Crippen molar-refractivity contribution in [2.45, 2.75) is 57.1 Å². The van der Waals surface area contributed by atoms with Gasteiger partial charge >= 0.3 is 0 Å². The van der Waals surface area contributed by atoms with Crippen LogP contribution in [-0.4, -0.2) is 39.8 Å². The van der Waals surface area contributed by atoms with E-state index in [-0.39, 0.29) is 22.6 Å². The Bertz CT molecular complexity index is 618. The highest BCUT2D eigenvalue weighted by molar-refractivity contribution is 7.89. The predicted molar refractivity (Wildman–Crippen MR) is 85.6 cm³/mol. The molecule has 1 aromatic rings. The number of imidazole rings is 1. The maximum Gasteiger partial charge on any atom is 0.262 e. The van der Waals surface area contributed by atoms with Crippen molar-refractivity contribution in [2.24, 2.45) is 5.73 Å². The zero-order chi connectivity index (χ0) is 15.6. The fourth-order valence-electron chi connectivity index (χ4n) is 2.80. The SMILES string of the molecule is CCn1cc(S(=O)(=O)N(CC(N)=S)C2CCCC2)nc1C. The third kappa shape index (κ3) is 3.44.